The molecule has 0 aliphatic carbocycles. The molecule has 0 fully saturated rings. The van der Waals surface area contributed by atoms with E-state index in [1.807, 2.05) is 37.7 Å². The van der Waals surface area contributed by atoms with E-state index in [-0.39, 0.29) is 5.82 Å². The van der Waals surface area contributed by atoms with Crippen LogP contribution in [0.1, 0.15) is 34.7 Å². The van der Waals surface area contributed by atoms with Crippen LogP contribution >= 0.6 is 11.8 Å². The molecule has 3 heteroatoms. The third kappa shape index (κ3) is 3.14. The molecule has 1 unspecified atom stereocenters. The van der Waals surface area contributed by atoms with Crippen molar-refractivity contribution in [3.63, 3.8) is 0 Å². The van der Waals surface area contributed by atoms with Crippen molar-refractivity contribution < 1.29 is 4.39 Å². The Balaban J connectivity index is 1.74. The van der Waals surface area contributed by atoms with Crippen LogP contribution in [0.5, 0.6) is 0 Å². The molecular formula is C18H20FNS. The molecule has 3 rings (SSSR count). The Morgan fingerprint density at radius 3 is 2.67 bits per heavy atom. The molecule has 0 aromatic heterocycles. The zero-order valence-electron chi connectivity index (χ0n) is 12.4. The number of hydrogen-bond donors (Lipinski definition) is 1. The molecule has 2 aromatic carbocycles. The second-order valence-corrected chi connectivity index (χ2v) is 6.79. The normalized spacial score (nSPS) is 17.6. The molecule has 0 saturated heterocycles. The van der Waals surface area contributed by atoms with E-state index < -0.39 is 0 Å². The summed E-state index contributed by atoms with van der Waals surface area (Å²) in [5.74, 6) is 1.06. The van der Waals surface area contributed by atoms with E-state index in [4.69, 9.17) is 0 Å². The standard InChI is InChI=1S/C18H20FNS/c1-12-9-14(10-13(2)18(12)19)11-20-16-7-8-21-17-6-4-3-5-15(16)17/h3-6,9-10,16,20H,7-8,11H2,1-2H3. The second-order valence-electron chi connectivity index (χ2n) is 5.65. The lowest BCUT2D eigenvalue weighted by Crippen LogP contribution is -2.24. The minimum atomic E-state index is -0.0850. The van der Waals surface area contributed by atoms with Crippen molar-refractivity contribution in [3.8, 4) is 0 Å². The summed E-state index contributed by atoms with van der Waals surface area (Å²) in [7, 11) is 0. The van der Waals surface area contributed by atoms with Gasteiger partial charge in [-0.25, -0.2) is 4.39 Å². The van der Waals surface area contributed by atoms with Crippen LogP contribution in [0, 0.1) is 19.7 Å². The molecule has 0 amide bonds. The van der Waals surface area contributed by atoms with E-state index in [2.05, 4.69) is 29.6 Å². The Hall–Kier alpha value is -1.32. The third-order valence-electron chi connectivity index (χ3n) is 4.01. The predicted molar refractivity (Wildman–Crippen MR) is 87.2 cm³/mol. The SMILES string of the molecule is Cc1cc(CNC2CCSc3ccccc32)cc(C)c1F. The van der Waals surface area contributed by atoms with Gasteiger partial charge in [0, 0.05) is 17.5 Å². The number of halogens is 1. The molecule has 0 spiro atoms. The monoisotopic (exact) mass is 301 g/mol. The van der Waals surface area contributed by atoms with Crippen LogP contribution in [0.4, 0.5) is 4.39 Å². The summed E-state index contributed by atoms with van der Waals surface area (Å²) in [5.41, 5.74) is 4.00. The number of benzene rings is 2. The van der Waals surface area contributed by atoms with Gasteiger partial charge >= 0.3 is 0 Å². The molecule has 0 radical (unpaired) electrons. The maximum Gasteiger partial charge on any atom is 0.129 e. The molecule has 1 nitrogen and oxygen atoms in total. The Labute approximate surface area is 130 Å². The van der Waals surface area contributed by atoms with Gasteiger partial charge < -0.3 is 5.32 Å². The molecule has 1 aliphatic rings. The smallest absolute Gasteiger partial charge is 0.129 e. The van der Waals surface area contributed by atoms with Gasteiger partial charge in [-0.2, -0.15) is 0 Å². The summed E-state index contributed by atoms with van der Waals surface area (Å²) in [6.07, 6.45) is 1.14. The number of aryl methyl sites for hydroxylation is 2. The zero-order valence-corrected chi connectivity index (χ0v) is 13.3. The molecular weight excluding hydrogens is 281 g/mol. The largest absolute Gasteiger partial charge is 0.306 e. The van der Waals surface area contributed by atoms with Crippen LogP contribution < -0.4 is 5.32 Å². The van der Waals surface area contributed by atoms with E-state index in [1.165, 1.54) is 10.5 Å². The molecule has 1 aliphatic heterocycles. The van der Waals surface area contributed by atoms with Gasteiger partial charge in [0.25, 0.3) is 0 Å². The number of thioether (sulfide) groups is 1. The molecule has 1 N–H and O–H groups in total. The van der Waals surface area contributed by atoms with E-state index in [0.717, 1.165) is 35.4 Å². The lowest BCUT2D eigenvalue weighted by molar-refractivity contribution is 0.509. The third-order valence-corrected chi connectivity index (χ3v) is 5.13. The molecule has 21 heavy (non-hydrogen) atoms. The van der Waals surface area contributed by atoms with Crippen molar-refractivity contribution in [1.29, 1.82) is 0 Å². The topological polar surface area (TPSA) is 12.0 Å². The van der Waals surface area contributed by atoms with Crippen molar-refractivity contribution in [2.24, 2.45) is 0 Å². The van der Waals surface area contributed by atoms with Gasteiger partial charge in [-0.05, 0) is 54.3 Å². The van der Waals surface area contributed by atoms with Gasteiger partial charge in [-0.3, -0.25) is 0 Å². The first-order chi connectivity index (χ1) is 10.1. The van der Waals surface area contributed by atoms with Crippen LogP contribution in [0.25, 0.3) is 0 Å². The molecule has 0 bridgehead atoms. The number of rotatable bonds is 3. The number of fused-ring (bicyclic) bond motifs is 1. The Kier molecular flexibility index (Phi) is 4.32. The molecule has 1 atom stereocenters. The van der Waals surface area contributed by atoms with Crippen LogP contribution in [0.15, 0.2) is 41.3 Å². The van der Waals surface area contributed by atoms with Crippen molar-refractivity contribution in [1.82, 2.24) is 5.32 Å². The predicted octanol–water partition coefficient (Wildman–Crippen LogP) is 4.77. The Bertz CT molecular complexity index is 630. The van der Waals surface area contributed by atoms with Crippen LogP contribution in [0.2, 0.25) is 0 Å². The number of hydrogen-bond acceptors (Lipinski definition) is 2. The van der Waals surface area contributed by atoms with Crippen molar-refractivity contribution in [2.45, 2.75) is 37.8 Å². The van der Waals surface area contributed by atoms with Gasteiger partial charge in [0.1, 0.15) is 5.82 Å². The van der Waals surface area contributed by atoms with Crippen LogP contribution in [0.3, 0.4) is 0 Å². The average molecular weight is 301 g/mol. The summed E-state index contributed by atoms with van der Waals surface area (Å²) in [5, 5.41) is 3.63. The van der Waals surface area contributed by atoms with Crippen LogP contribution in [-0.2, 0) is 6.54 Å². The molecule has 0 saturated carbocycles. The quantitative estimate of drug-likeness (QED) is 0.876. The summed E-state index contributed by atoms with van der Waals surface area (Å²) >= 11 is 1.93. The van der Waals surface area contributed by atoms with E-state index in [9.17, 15) is 4.39 Å². The summed E-state index contributed by atoms with van der Waals surface area (Å²) in [4.78, 5) is 1.38. The Morgan fingerprint density at radius 1 is 1.19 bits per heavy atom. The Morgan fingerprint density at radius 2 is 1.90 bits per heavy atom. The minimum absolute atomic E-state index is 0.0850. The first-order valence-corrected chi connectivity index (χ1v) is 8.34. The van der Waals surface area contributed by atoms with E-state index in [0.29, 0.717) is 6.04 Å². The highest BCUT2D eigenvalue weighted by atomic mass is 32.2. The van der Waals surface area contributed by atoms with Gasteiger partial charge in [-0.15, -0.1) is 11.8 Å². The van der Waals surface area contributed by atoms with Crippen LogP contribution in [-0.4, -0.2) is 5.75 Å². The van der Waals surface area contributed by atoms with Gasteiger partial charge in [0.2, 0.25) is 0 Å². The first-order valence-electron chi connectivity index (χ1n) is 7.36. The zero-order chi connectivity index (χ0) is 14.8. The second kappa shape index (κ2) is 6.20. The maximum absolute atomic E-state index is 13.7. The van der Waals surface area contributed by atoms with Gasteiger partial charge in [0.05, 0.1) is 0 Å². The fourth-order valence-corrected chi connectivity index (χ4v) is 4.06. The fraction of sp³-hybridized carbons (Fsp3) is 0.333. The molecule has 1 heterocycles. The van der Waals surface area contributed by atoms with Crippen molar-refractivity contribution in [3.05, 3.63) is 64.5 Å². The van der Waals surface area contributed by atoms with E-state index >= 15 is 0 Å². The van der Waals surface area contributed by atoms with Gasteiger partial charge in [-0.1, -0.05) is 30.3 Å². The first kappa shape index (κ1) is 14.6. The minimum Gasteiger partial charge on any atom is -0.306 e. The average Bonchev–Trinajstić information content (AvgIpc) is 2.50. The fourth-order valence-electron chi connectivity index (χ4n) is 2.93. The highest BCUT2D eigenvalue weighted by Gasteiger charge is 2.19. The number of nitrogens with one attached hydrogen (secondary N) is 1. The lowest BCUT2D eigenvalue weighted by Gasteiger charge is -2.26. The summed E-state index contributed by atoms with van der Waals surface area (Å²) < 4.78 is 13.7. The maximum atomic E-state index is 13.7. The highest BCUT2D eigenvalue weighted by molar-refractivity contribution is 7.99. The lowest BCUT2D eigenvalue weighted by atomic mass is 10.0. The van der Waals surface area contributed by atoms with E-state index in [1.54, 1.807) is 0 Å². The summed E-state index contributed by atoms with van der Waals surface area (Å²) in [6, 6.07) is 12.9. The molecule has 2 aromatic rings. The highest BCUT2D eigenvalue weighted by Crippen LogP contribution is 2.35. The van der Waals surface area contributed by atoms with Crippen molar-refractivity contribution in [2.75, 3.05) is 5.75 Å². The molecule has 110 valence electrons. The van der Waals surface area contributed by atoms with Crippen molar-refractivity contribution >= 4 is 11.8 Å². The van der Waals surface area contributed by atoms with Gasteiger partial charge in [0.15, 0.2) is 0 Å². The summed E-state index contributed by atoms with van der Waals surface area (Å²) in [6.45, 7) is 4.45.